The van der Waals surface area contributed by atoms with Crippen LogP contribution in [-0.2, 0) is 0 Å². The lowest BCUT2D eigenvalue weighted by atomic mass is 9.95. The lowest BCUT2D eigenvalue weighted by molar-refractivity contribution is -0.383. The number of anilines is 1. The summed E-state index contributed by atoms with van der Waals surface area (Å²) in [4.78, 5) is 15.4. The SMILES string of the molecule is Cc1nc2cc(NC3CCCCC3)c([N+](=O)[O-])cc2s1. The fourth-order valence-electron chi connectivity index (χ4n) is 2.81. The van der Waals surface area contributed by atoms with Crippen molar-refractivity contribution >= 4 is 32.9 Å². The summed E-state index contributed by atoms with van der Waals surface area (Å²) in [5.41, 5.74) is 1.61. The van der Waals surface area contributed by atoms with E-state index in [0.717, 1.165) is 28.1 Å². The van der Waals surface area contributed by atoms with Gasteiger partial charge in [0.25, 0.3) is 5.69 Å². The van der Waals surface area contributed by atoms with Crippen molar-refractivity contribution in [3.05, 3.63) is 27.3 Å². The van der Waals surface area contributed by atoms with Gasteiger partial charge in [0.2, 0.25) is 0 Å². The molecule has 3 rings (SSSR count). The predicted molar refractivity (Wildman–Crippen MR) is 81.5 cm³/mol. The molecule has 0 aliphatic heterocycles. The van der Waals surface area contributed by atoms with Gasteiger partial charge in [-0.05, 0) is 25.8 Å². The first-order valence-corrected chi connectivity index (χ1v) is 7.77. The highest BCUT2D eigenvalue weighted by atomic mass is 32.1. The van der Waals surface area contributed by atoms with Crippen molar-refractivity contribution in [2.24, 2.45) is 0 Å². The van der Waals surface area contributed by atoms with Crippen molar-refractivity contribution in [1.82, 2.24) is 4.98 Å². The van der Waals surface area contributed by atoms with Crippen LogP contribution >= 0.6 is 11.3 Å². The number of thiazole rings is 1. The molecule has 0 bridgehead atoms. The zero-order valence-electron chi connectivity index (χ0n) is 11.4. The molecule has 1 aromatic heterocycles. The maximum absolute atomic E-state index is 11.3. The molecule has 0 spiro atoms. The summed E-state index contributed by atoms with van der Waals surface area (Å²) < 4.78 is 0.878. The lowest BCUT2D eigenvalue weighted by Gasteiger charge is -2.23. The van der Waals surface area contributed by atoms with E-state index in [1.54, 1.807) is 6.07 Å². The normalized spacial score (nSPS) is 16.4. The molecule has 0 amide bonds. The van der Waals surface area contributed by atoms with Crippen LogP contribution in [0, 0.1) is 17.0 Å². The molecule has 1 saturated carbocycles. The number of aromatic nitrogens is 1. The van der Waals surface area contributed by atoms with Gasteiger partial charge in [-0.1, -0.05) is 19.3 Å². The van der Waals surface area contributed by atoms with E-state index in [1.807, 2.05) is 13.0 Å². The molecule has 2 aromatic rings. The van der Waals surface area contributed by atoms with Crippen LogP contribution in [0.2, 0.25) is 0 Å². The zero-order chi connectivity index (χ0) is 14.1. The molecule has 0 radical (unpaired) electrons. The van der Waals surface area contributed by atoms with E-state index < -0.39 is 0 Å². The molecule has 0 atom stereocenters. The van der Waals surface area contributed by atoms with Gasteiger partial charge in [0.05, 0.1) is 20.1 Å². The summed E-state index contributed by atoms with van der Waals surface area (Å²) in [5, 5.41) is 15.6. The average Bonchev–Trinajstić information content (AvgIpc) is 2.78. The number of nitro groups is 1. The molecular weight excluding hydrogens is 274 g/mol. The highest BCUT2D eigenvalue weighted by molar-refractivity contribution is 7.18. The molecule has 1 N–H and O–H groups in total. The maximum atomic E-state index is 11.3. The Kier molecular flexibility index (Phi) is 3.56. The van der Waals surface area contributed by atoms with Gasteiger partial charge in [-0.3, -0.25) is 10.1 Å². The third-order valence-electron chi connectivity index (χ3n) is 3.77. The minimum Gasteiger partial charge on any atom is -0.377 e. The van der Waals surface area contributed by atoms with Crippen molar-refractivity contribution in [3.63, 3.8) is 0 Å². The number of aryl methyl sites for hydroxylation is 1. The molecule has 1 heterocycles. The lowest BCUT2D eigenvalue weighted by Crippen LogP contribution is -2.22. The van der Waals surface area contributed by atoms with E-state index in [1.165, 1.54) is 30.6 Å². The van der Waals surface area contributed by atoms with Crippen molar-refractivity contribution < 1.29 is 4.92 Å². The third kappa shape index (κ3) is 2.60. The van der Waals surface area contributed by atoms with Gasteiger partial charge in [0, 0.05) is 12.1 Å². The van der Waals surface area contributed by atoms with Gasteiger partial charge in [-0.25, -0.2) is 4.98 Å². The second kappa shape index (κ2) is 5.36. The van der Waals surface area contributed by atoms with Crippen LogP contribution in [0.15, 0.2) is 12.1 Å². The number of nitrogens with one attached hydrogen (secondary N) is 1. The minimum atomic E-state index is -0.306. The molecule has 1 aliphatic rings. The molecule has 1 aliphatic carbocycles. The van der Waals surface area contributed by atoms with Gasteiger partial charge >= 0.3 is 0 Å². The summed E-state index contributed by atoms with van der Waals surface area (Å²) in [6, 6.07) is 3.82. The summed E-state index contributed by atoms with van der Waals surface area (Å²) in [6.07, 6.45) is 5.84. The Morgan fingerprint density at radius 1 is 1.35 bits per heavy atom. The second-order valence-electron chi connectivity index (χ2n) is 5.31. The first-order valence-electron chi connectivity index (χ1n) is 6.95. The Morgan fingerprint density at radius 2 is 2.10 bits per heavy atom. The monoisotopic (exact) mass is 291 g/mol. The van der Waals surface area contributed by atoms with Gasteiger partial charge in [-0.2, -0.15) is 0 Å². The Balaban J connectivity index is 1.97. The van der Waals surface area contributed by atoms with Crippen molar-refractivity contribution in [2.45, 2.75) is 45.1 Å². The molecule has 5 nitrogen and oxygen atoms in total. The average molecular weight is 291 g/mol. The van der Waals surface area contributed by atoms with Crippen LogP contribution in [0.5, 0.6) is 0 Å². The van der Waals surface area contributed by atoms with Crippen molar-refractivity contribution in [2.75, 3.05) is 5.32 Å². The number of nitrogens with zero attached hydrogens (tertiary/aromatic N) is 2. The van der Waals surface area contributed by atoms with Crippen LogP contribution in [0.3, 0.4) is 0 Å². The van der Waals surface area contributed by atoms with Crippen molar-refractivity contribution in [1.29, 1.82) is 0 Å². The number of hydrogen-bond donors (Lipinski definition) is 1. The quantitative estimate of drug-likeness (QED) is 0.677. The van der Waals surface area contributed by atoms with Crippen LogP contribution in [0.4, 0.5) is 11.4 Å². The topological polar surface area (TPSA) is 68.1 Å². The van der Waals surface area contributed by atoms with E-state index in [0.29, 0.717) is 11.7 Å². The molecule has 1 aromatic carbocycles. The first kappa shape index (κ1) is 13.3. The number of hydrogen-bond acceptors (Lipinski definition) is 5. The van der Waals surface area contributed by atoms with E-state index >= 15 is 0 Å². The van der Waals surface area contributed by atoms with E-state index in [2.05, 4.69) is 10.3 Å². The highest BCUT2D eigenvalue weighted by Gasteiger charge is 2.21. The third-order valence-corrected chi connectivity index (χ3v) is 4.71. The summed E-state index contributed by atoms with van der Waals surface area (Å²) >= 11 is 1.50. The van der Waals surface area contributed by atoms with Gasteiger partial charge in [0.15, 0.2) is 0 Å². The standard InChI is InChI=1S/C14H17N3O2S/c1-9-15-12-7-11(16-10-5-3-2-4-6-10)13(17(18)19)8-14(12)20-9/h7-8,10,16H,2-6H2,1H3. The Morgan fingerprint density at radius 3 is 2.80 bits per heavy atom. The molecule has 6 heteroatoms. The maximum Gasteiger partial charge on any atom is 0.293 e. The van der Waals surface area contributed by atoms with Crippen LogP contribution in [0.25, 0.3) is 10.2 Å². The minimum absolute atomic E-state index is 0.159. The Labute approximate surface area is 121 Å². The van der Waals surface area contributed by atoms with E-state index in [9.17, 15) is 10.1 Å². The molecule has 0 saturated heterocycles. The van der Waals surface area contributed by atoms with Gasteiger partial charge in [0.1, 0.15) is 5.69 Å². The fraction of sp³-hybridized carbons (Fsp3) is 0.500. The van der Waals surface area contributed by atoms with E-state index in [4.69, 9.17) is 0 Å². The second-order valence-corrected chi connectivity index (χ2v) is 6.54. The summed E-state index contributed by atoms with van der Waals surface area (Å²) in [6.45, 7) is 1.92. The number of nitro benzene ring substituents is 1. The van der Waals surface area contributed by atoms with Crippen molar-refractivity contribution in [3.8, 4) is 0 Å². The predicted octanol–water partition coefficient (Wildman–Crippen LogP) is 4.26. The number of benzene rings is 1. The molecule has 0 unspecified atom stereocenters. The van der Waals surface area contributed by atoms with Gasteiger partial charge < -0.3 is 5.32 Å². The number of fused-ring (bicyclic) bond motifs is 1. The fourth-order valence-corrected chi connectivity index (χ4v) is 3.65. The molecule has 106 valence electrons. The smallest absolute Gasteiger partial charge is 0.293 e. The van der Waals surface area contributed by atoms with Crippen LogP contribution < -0.4 is 5.32 Å². The van der Waals surface area contributed by atoms with Crippen LogP contribution in [-0.4, -0.2) is 15.9 Å². The molecule has 1 fully saturated rings. The van der Waals surface area contributed by atoms with Crippen LogP contribution in [0.1, 0.15) is 37.1 Å². The zero-order valence-corrected chi connectivity index (χ0v) is 12.2. The summed E-state index contributed by atoms with van der Waals surface area (Å²) in [5.74, 6) is 0. The van der Waals surface area contributed by atoms with E-state index in [-0.39, 0.29) is 10.6 Å². The largest absolute Gasteiger partial charge is 0.377 e. The first-order chi connectivity index (χ1) is 9.63. The number of rotatable bonds is 3. The molecular formula is C14H17N3O2S. The molecule has 20 heavy (non-hydrogen) atoms. The Bertz CT molecular complexity index is 647. The Hall–Kier alpha value is -1.69. The highest BCUT2D eigenvalue weighted by Crippen LogP contribution is 2.34. The van der Waals surface area contributed by atoms with Gasteiger partial charge in [-0.15, -0.1) is 11.3 Å². The summed E-state index contributed by atoms with van der Waals surface area (Å²) in [7, 11) is 0.